The second-order valence-electron chi connectivity index (χ2n) is 6.19. The number of ether oxygens (including phenoxy) is 1. The molecule has 25 heavy (non-hydrogen) atoms. The fraction of sp³-hybridized carbons (Fsp3) is 0.350. The highest BCUT2D eigenvalue weighted by Crippen LogP contribution is 2.27. The summed E-state index contributed by atoms with van der Waals surface area (Å²) < 4.78 is 5.60. The van der Waals surface area contributed by atoms with Crippen molar-refractivity contribution in [2.24, 2.45) is 0 Å². The van der Waals surface area contributed by atoms with Crippen LogP contribution in [-0.2, 0) is 0 Å². The third kappa shape index (κ3) is 5.13. The Morgan fingerprint density at radius 3 is 2.48 bits per heavy atom. The van der Waals surface area contributed by atoms with Crippen LogP contribution in [0.3, 0.4) is 0 Å². The van der Waals surface area contributed by atoms with E-state index in [0.717, 1.165) is 33.8 Å². The SMILES string of the molecule is CCC(C)c1ccccc1NC(=O)NCOc1cc(C)c(Cl)c(C)c1. The second-order valence-corrected chi connectivity index (χ2v) is 6.57. The third-order valence-corrected chi connectivity index (χ3v) is 4.83. The highest BCUT2D eigenvalue weighted by molar-refractivity contribution is 6.32. The van der Waals surface area contributed by atoms with Crippen molar-refractivity contribution in [3.05, 3.63) is 58.1 Å². The van der Waals surface area contributed by atoms with Crippen molar-refractivity contribution in [2.45, 2.75) is 40.0 Å². The number of benzene rings is 2. The van der Waals surface area contributed by atoms with Crippen LogP contribution in [0, 0.1) is 13.8 Å². The first-order valence-corrected chi connectivity index (χ1v) is 8.83. The lowest BCUT2D eigenvalue weighted by Gasteiger charge is -2.16. The van der Waals surface area contributed by atoms with Crippen LogP contribution in [0.25, 0.3) is 0 Å². The molecule has 2 N–H and O–H groups in total. The molecule has 4 nitrogen and oxygen atoms in total. The van der Waals surface area contributed by atoms with Crippen molar-refractivity contribution >= 4 is 23.3 Å². The Bertz CT molecular complexity index is 723. The van der Waals surface area contributed by atoms with E-state index in [2.05, 4.69) is 24.5 Å². The number of carbonyl (C=O) groups is 1. The number of amides is 2. The van der Waals surface area contributed by atoms with E-state index >= 15 is 0 Å². The summed E-state index contributed by atoms with van der Waals surface area (Å²) in [6, 6.07) is 11.3. The quantitative estimate of drug-likeness (QED) is 0.656. The number of aryl methyl sites for hydroxylation is 2. The molecule has 0 heterocycles. The number of nitrogens with one attached hydrogen (secondary N) is 2. The molecular formula is C20H25ClN2O2. The van der Waals surface area contributed by atoms with Crippen molar-refractivity contribution in [3.63, 3.8) is 0 Å². The number of hydrogen-bond donors (Lipinski definition) is 2. The number of anilines is 1. The maximum Gasteiger partial charge on any atom is 0.321 e. The van der Waals surface area contributed by atoms with Crippen molar-refractivity contribution in [1.29, 1.82) is 0 Å². The first-order chi connectivity index (χ1) is 11.9. The van der Waals surface area contributed by atoms with Gasteiger partial charge in [-0.05, 0) is 61.1 Å². The van der Waals surface area contributed by atoms with Gasteiger partial charge in [-0.25, -0.2) is 4.79 Å². The van der Waals surface area contributed by atoms with Crippen LogP contribution in [-0.4, -0.2) is 12.8 Å². The molecule has 2 aromatic carbocycles. The second kappa shape index (κ2) is 8.77. The molecule has 0 fully saturated rings. The van der Waals surface area contributed by atoms with Crippen molar-refractivity contribution in [3.8, 4) is 5.75 Å². The van der Waals surface area contributed by atoms with E-state index in [1.807, 2.05) is 50.2 Å². The number of halogens is 1. The minimum absolute atomic E-state index is 0.0812. The molecule has 1 atom stereocenters. The average molecular weight is 361 g/mol. The zero-order valence-corrected chi connectivity index (χ0v) is 15.9. The van der Waals surface area contributed by atoms with Gasteiger partial charge in [0.15, 0.2) is 6.73 Å². The predicted octanol–water partition coefficient (Wildman–Crippen LogP) is 5.63. The highest BCUT2D eigenvalue weighted by Gasteiger charge is 2.11. The average Bonchev–Trinajstić information content (AvgIpc) is 2.59. The van der Waals surface area contributed by atoms with Crippen molar-refractivity contribution in [1.82, 2.24) is 5.32 Å². The van der Waals surface area contributed by atoms with Gasteiger partial charge in [-0.1, -0.05) is 43.6 Å². The van der Waals surface area contributed by atoms with Gasteiger partial charge in [0, 0.05) is 10.7 Å². The first-order valence-electron chi connectivity index (χ1n) is 8.45. The molecular weight excluding hydrogens is 336 g/mol. The molecule has 0 saturated carbocycles. The molecule has 0 aliphatic carbocycles. The number of urea groups is 1. The van der Waals surface area contributed by atoms with Crippen molar-refractivity contribution in [2.75, 3.05) is 12.0 Å². The summed E-state index contributed by atoms with van der Waals surface area (Å²) in [6.07, 6.45) is 1.01. The normalized spacial score (nSPS) is 11.7. The lowest BCUT2D eigenvalue weighted by molar-refractivity contribution is 0.234. The molecule has 0 aliphatic heterocycles. The fourth-order valence-corrected chi connectivity index (χ4v) is 2.71. The minimum Gasteiger partial charge on any atom is -0.473 e. The lowest BCUT2D eigenvalue weighted by Crippen LogP contribution is -2.32. The van der Waals surface area contributed by atoms with E-state index in [9.17, 15) is 4.79 Å². The zero-order chi connectivity index (χ0) is 18.4. The van der Waals surface area contributed by atoms with Crippen LogP contribution >= 0.6 is 11.6 Å². The van der Waals surface area contributed by atoms with Gasteiger partial charge in [0.25, 0.3) is 0 Å². The molecule has 134 valence electrons. The molecule has 5 heteroatoms. The van der Waals surface area contributed by atoms with E-state index in [1.165, 1.54) is 0 Å². The number of rotatable bonds is 6. The Hall–Kier alpha value is -2.20. The third-order valence-electron chi connectivity index (χ3n) is 4.23. The first kappa shape index (κ1) is 19.1. The Kier molecular flexibility index (Phi) is 6.71. The van der Waals surface area contributed by atoms with Crippen LogP contribution in [0.4, 0.5) is 10.5 Å². The molecule has 0 radical (unpaired) electrons. The lowest BCUT2D eigenvalue weighted by atomic mass is 9.97. The van der Waals surface area contributed by atoms with Gasteiger partial charge in [-0.15, -0.1) is 0 Å². The van der Waals surface area contributed by atoms with Crippen LogP contribution in [0.2, 0.25) is 5.02 Å². The van der Waals surface area contributed by atoms with E-state index in [0.29, 0.717) is 11.7 Å². The molecule has 0 aliphatic rings. The summed E-state index contributed by atoms with van der Waals surface area (Å²) in [6.45, 7) is 8.21. The van der Waals surface area contributed by atoms with E-state index in [1.54, 1.807) is 0 Å². The topological polar surface area (TPSA) is 50.4 Å². The Balaban J connectivity index is 1.92. The van der Waals surface area contributed by atoms with E-state index in [-0.39, 0.29) is 12.8 Å². The van der Waals surface area contributed by atoms with Gasteiger partial charge in [-0.3, -0.25) is 0 Å². The standard InChI is InChI=1S/C20H25ClN2O2/c1-5-13(2)17-8-6-7-9-18(17)23-20(24)22-12-25-16-10-14(3)19(21)15(4)11-16/h6-11,13H,5,12H2,1-4H3,(H2,22,23,24). The van der Waals surface area contributed by atoms with Crippen molar-refractivity contribution < 1.29 is 9.53 Å². The molecule has 2 rings (SSSR count). The molecule has 2 aromatic rings. The monoisotopic (exact) mass is 360 g/mol. The molecule has 0 aromatic heterocycles. The van der Waals surface area contributed by atoms with Crippen LogP contribution in [0.1, 0.15) is 42.9 Å². The molecule has 0 bridgehead atoms. The number of hydrogen-bond acceptors (Lipinski definition) is 2. The predicted molar refractivity (Wildman–Crippen MR) is 104 cm³/mol. The molecule has 2 amide bonds. The Labute approximate surface area is 154 Å². The summed E-state index contributed by atoms with van der Waals surface area (Å²) in [4.78, 5) is 12.1. The molecule has 0 saturated heterocycles. The summed E-state index contributed by atoms with van der Waals surface area (Å²) in [5.74, 6) is 1.06. The minimum atomic E-state index is -0.293. The van der Waals surface area contributed by atoms with Gasteiger partial charge < -0.3 is 15.4 Å². The smallest absolute Gasteiger partial charge is 0.321 e. The van der Waals surface area contributed by atoms with Crippen LogP contribution in [0.5, 0.6) is 5.75 Å². The summed E-state index contributed by atoms with van der Waals surface area (Å²) >= 11 is 6.14. The van der Waals surface area contributed by atoms with Gasteiger partial charge >= 0.3 is 6.03 Å². The largest absolute Gasteiger partial charge is 0.473 e. The Morgan fingerprint density at radius 2 is 1.84 bits per heavy atom. The fourth-order valence-electron chi connectivity index (χ4n) is 2.60. The summed E-state index contributed by atoms with van der Waals surface area (Å²) in [7, 11) is 0. The maximum absolute atomic E-state index is 12.1. The van der Waals surface area contributed by atoms with Gasteiger partial charge in [0.05, 0.1) is 0 Å². The molecule has 0 spiro atoms. The van der Waals surface area contributed by atoms with Gasteiger partial charge in [0.1, 0.15) is 5.75 Å². The zero-order valence-electron chi connectivity index (χ0n) is 15.2. The Morgan fingerprint density at radius 1 is 1.20 bits per heavy atom. The van der Waals surface area contributed by atoms with Crippen LogP contribution < -0.4 is 15.4 Å². The maximum atomic E-state index is 12.1. The number of para-hydroxylation sites is 1. The molecule has 1 unspecified atom stereocenters. The number of carbonyl (C=O) groups excluding carboxylic acids is 1. The van der Waals surface area contributed by atoms with Gasteiger partial charge in [-0.2, -0.15) is 0 Å². The summed E-state index contributed by atoms with van der Waals surface area (Å²) in [5, 5.41) is 6.34. The van der Waals surface area contributed by atoms with Crippen LogP contribution in [0.15, 0.2) is 36.4 Å². The highest BCUT2D eigenvalue weighted by atomic mass is 35.5. The van der Waals surface area contributed by atoms with E-state index in [4.69, 9.17) is 16.3 Å². The summed E-state index contributed by atoms with van der Waals surface area (Å²) in [5.41, 5.74) is 3.85. The van der Waals surface area contributed by atoms with Gasteiger partial charge in [0.2, 0.25) is 0 Å². The van der Waals surface area contributed by atoms with E-state index < -0.39 is 0 Å².